The number of ether oxygens (including phenoxy) is 1. The number of nitrogens with two attached hydrogens (primary N) is 1. The number of fused-ring (bicyclic) bond motifs is 1. The number of carboxylic acid groups (broad SMARTS) is 1. The van der Waals surface area contributed by atoms with E-state index in [1.165, 1.54) is 12.0 Å². The number of benzene rings is 1. The second-order valence-electron chi connectivity index (χ2n) is 8.03. The maximum atomic E-state index is 11.0. The molecule has 0 amide bonds. The van der Waals surface area contributed by atoms with Gasteiger partial charge in [-0.15, -0.1) is 12.4 Å². The van der Waals surface area contributed by atoms with Crippen molar-refractivity contribution >= 4 is 24.2 Å². The Morgan fingerprint density at radius 1 is 1.16 bits per heavy atom. The minimum absolute atomic E-state index is 0. The molecule has 0 aliphatic carbocycles. The van der Waals surface area contributed by atoms with Crippen molar-refractivity contribution in [3.8, 4) is 5.75 Å². The first-order chi connectivity index (χ1) is 15.1. The van der Waals surface area contributed by atoms with Crippen molar-refractivity contribution in [1.82, 2.24) is 9.88 Å². The van der Waals surface area contributed by atoms with Gasteiger partial charge >= 0.3 is 5.97 Å². The first kappa shape index (κ1) is 25.9. The third kappa shape index (κ3) is 8.65. The van der Waals surface area contributed by atoms with Crippen LogP contribution in [0.25, 0.3) is 0 Å². The van der Waals surface area contributed by atoms with Crippen molar-refractivity contribution in [2.24, 2.45) is 5.73 Å². The normalized spacial score (nSPS) is 13.6. The van der Waals surface area contributed by atoms with Gasteiger partial charge in [0.1, 0.15) is 24.2 Å². The van der Waals surface area contributed by atoms with E-state index < -0.39 is 12.0 Å². The third-order valence-electron chi connectivity index (χ3n) is 5.60. The summed E-state index contributed by atoms with van der Waals surface area (Å²) in [6, 6.07) is 13.2. The van der Waals surface area contributed by atoms with Gasteiger partial charge in [-0.1, -0.05) is 24.3 Å². The van der Waals surface area contributed by atoms with Crippen LogP contribution < -0.4 is 15.8 Å². The van der Waals surface area contributed by atoms with Crippen LogP contribution in [0.3, 0.4) is 0 Å². The number of halogens is 1. The molecule has 7 nitrogen and oxygen atoms in total. The summed E-state index contributed by atoms with van der Waals surface area (Å²) < 4.78 is 5.81. The highest BCUT2D eigenvalue weighted by Crippen LogP contribution is 2.20. The van der Waals surface area contributed by atoms with E-state index in [1.807, 2.05) is 30.3 Å². The standard InChI is InChI=1S/C24H34N4O3.ClH/c25-22(24(29)30)13-16-28(17-18-31-21-9-2-1-3-10-21)15-5-4-8-20-12-11-19-7-6-14-26-23(19)27-20;/h1-3,9-12,22H,4-8,13-18,25H2,(H,26,27)(H,29,30);1H. The van der Waals surface area contributed by atoms with Gasteiger partial charge in [-0.25, -0.2) is 4.98 Å². The molecule has 8 heteroatoms. The molecule has 0 bridgehead atoms. The molecule has 1 unspecified atom stereocenters. The maximum Gasteiger partial charge on any atom is 0.320 e. The molecule has 0 fully saturated rings. The van der Waals surface area contributed by atoms with Gasteiger partial charge in [-0.05, 0) is 68.8 Å². The number of nitrogens with one attached hydrogen (secondary N) is 1. The van der Waals surface area contributed by atoms with Gasteiger partial charge in [-0.2, -0.15) is 0 Å². The molecular weight excluding hydrogens is 428 g/mol. The zero-order valence-electron chi connectivity index (χ0n) is 18.5. The Morgan fingerprint density at radius 3 is 2.75 bits per heavy atom. The number of hydrogen-bond donors (Lipinski definition) is 3. The van der Waals surface area contributed by atoms with Crippen LogP contribution in [0.4, 0.5) is 5.82 Å². The molecule has 0 saturated heterocycles. The van der Waals surface area contributed by atoms with Crippen LogP contribution in [-0.2, 0) is 17.6 Å². The molecule has 0 radical (unpaired) electrons. The lowest BCUT2D eigenvalue weighted by atomic mass is 10.1. The quantitative estimate of drug-likeness (QED) is 0.392. The molecule has 0 saturated carbocycles. The Morgan fingerprint density at radius 2 is 1.97 bits per heavy atom. The Kier molecular flexibility index (Phi) is 11.3. The monoisotopic (exact) mass is 462 g/mol. The van der Waals surface area contributed by atoms with E-state index in [0.717, 1.165) is 62.6 Å². The predicted octanol–water partition coefficient (Wildman–Crippen LogP) is 3.37. The van der Waals surface area contributed by atoms with Crippen molar-refractivity contribution in [1.29, 1.82) is 0 Å². The summed E-state index contributed by atoms with van der Waals surface area (Å²) >= 11 is 0. The molecule has 2 aromatic rings. The molecule has 3 rings (SSSR count). The van der Waals surface area contributed by atoms with Crippen LogP contribution >= 0.6 is 12.4 Å². The number of hydrogen-bond acceptors (Lipinski definition) is 6. The van der Waals surface area contributed by atoms with Crippen molar-refractivity contribution in [3.63, 3.8) is 0 Å². The lowest BCUT2D eigenvalue weighted by molar-refractivity contribution is -0.138. The second-order valence-corrected chi connectivity index (χ2v) is 8.03. The summed E-state index contributed by atoms with van der Waals surface area (Å²) in [7, 11) is 0. The fraction of sp³-hybridized carbons (Fsp3) is 0.500. The number of rotatable bonds is 13. The Labute approximate surface area is 196 Å². The molecule has 1 aromatic carbocycles. The number of unbranched alkanes of at least 4 members (excludes halogenated alkanes) is 1. The zero-order valence-corrected chi connectivity index (χ0v) is 19.4. The van der Waals surface area contributed by atoms with E-state index in [-0.39, 0.29) is 12.4 Å². The summed E-state index contributed by atoms with van der Waals surface area (Å²) in [5, 5.41) is 12.5. The molecular formula is C24H35ClN4O3. The first-order valence-corrected chi connectivity index (χ1v) is 11.2. The molecule has 32 heavy (non-hydrogen) atoms. The number of aliphatic carboxylic acids is 1. The summed E-state index contributed by atoms with van der Waals surface area (Å²) in [6.07, 6.45) is 5.70. The van der Waals surface area contributed by atoms with Crippen molar-refractivity contribution < 1.29 is 14.6 Å². The highest BCUT2D eigenvalue weighted by atomic mass is 35.5. The van der Waals surface area contributed by atoms with Crippen molar-refractivity contribution in [3.05, 3.63) is 53.7 Å². The summed E-state index contributed by atoms with van der Waals surface area (Å²) in [5.74, 6) is 0.940. The number of nitrogens with zero attached hydrogens (tertiary/aromatic N) is 2. The Bertz CT molecular complexity index is 822. The molecule has 1 aliphatic rings. The van der Waals surface area contributed by atoms with E-state index in [9.17, 15) is 4.79 Å². The molecule has 0 spiro atoms. The molecule has 1 aromatic heterocycles. The van der Waals surface area contributed by atoms with Crippen molar-refractivity contribution in [2.75, 3.05) is 38.1 Å². The predicted molar refractivity (Wildman–Crippen MR) is 130 cm³/mol. The van der Waals surface area contributed by atoms with E-state index in [2.05, 4.69) is 22.3 Å². The number of carbonyl (C=O) groups is 1. The number of anilines is 1. The van der Waals surface area contributed by atoms with Gasteiger partial charge in [0.2, 0.25) is 0 Å². The van der Waals surface area contributed by atoms with Crippen LogP contribution in [0, 0.1) is 0 Å². The first-order valence-electron chi connectivity index (χ1n) is 11.2. The average Bonchev–Trinajstić information content (AvgIpc) is 2.80. The lowest BCUT2D eigenvalue weighted by Gasteiger charge is -2.23. The minimum Gasteiger partial charge on any atom is -0.492 e. The molecule has 176 valence electrons. The molecule has 4 N–H and O–H groups in total. The van der Waals surface area contributed by atoms with Crippen LogP contribution in [-0.4, -0.2) is 59.8 Å². The minimum atomic E-state index is -0.951. The van der Waals surface area contributed by atoms with Gasteiger partial charge in [-0.3, -0.25) is 9.69 Å². The number of para-hydroxylation sites is 1. The van der Waals surface area contributed by atoms with Crippen LogP contribution in [0.1, 0.15) is 36.9 Å². The number of carboxylic acids is 1. The Balaban J connectivity index is 0.00000363. The van der Waals surface area contributed by atoms with E-state index in [4.69, 9.17) is 20.6 Å². The van der Waals surface area contributed by atoms with Gasteiger partial charge < -0.3 is 20.9 Å². The lowest BCUT2D eigenvalue weighted by Crippen LogP contribution is -2.37. The van der Waals surface area contributed by atoms with Gasteiger partial charge in [0.05, 0.1) is 0 Å². The average molecular weight is 463 g/mol. The smallest absolute Gasteiger partial charge is 0.320 e. The topological polar surface area (TPSA) is 101 Å². The summed E-state index contributed by atoms with van der Waals surface area (Å²) in [5.41, 5.74) is 8.14. The van der Waals surface area contributed by atoms with Crippen LogP contribution in [0.15, 0.2) is 42.5 Å². The molecule has 2 heterocycles. The Hall–Kier alpha value is -2.35. The summed E-state index contributed by atoms with van der Waals surface area (Å²) in [6.45, 7) is 3.83. The largest absolute Gasteiger partial charge is 0.492 e. The van der Waals surface area contributed by atoms with E-state index in [0.29, 0.717) is 19.6 Å². The van der Waals surface area contributed by atoms with Crippen LogP contribution in [0.2, 0.25) is 0 Å². The molecule has 1 atom stereocenters. The number of pyridine rings is 1. The number of aromatic nitrogens is 1. The van der Waals surface area contributed by atoms with E-state index in [1.54, 1.807) is 0 Å². The zero-order chi connectivity index (χ0) is 21.9. The SMILES string of the molecule is Cl.NC(CCN(CCCCc1ccc2c(n1)NCCC2)CCOc1ccccc1)C(=O)O. The molecule has 1 aliphatic heterocycles. The highest BCUT2D eigenvalue weighted by molar-refractivity contribution is 5.85. The number of aryl methyl sites for hydroxylation is 2. The van der Waals surface area contributed by atoms with Crippen molar-refractivity contribution in [2.45, 2.75) is 44.6 Å². The summed E-state index contributed by atoms with van der Waals surface area (Å²) in [4.78, 5) is 18.1. The van der Waals surface area contributed by atoms with Gasteiger partial charge in [0.25, 0.3) is 0 Å². The fourth-order valence-electron chi connectivity index (χ4n) is 3.74. The maximum absolute atomic E-state index is 11.0. The second kappa shape index (κ2) is 13.9. The van der Waals surface area contributed by atoms with Crippen LogP contribution in [0.5, 0.6) is 5.75 Å². The van der Waals surface area contributed by atoms with E-state index >= 15 is 0 Å². The highest BCUT2D eigenvalue weighted by Gasteiger charge is 2.14. The van der Waals surface area contributed by atoms with Gasteiger partial charge in [0.15, 0.2) is 0 Å². The van der Waals surface area contributed by atoms with Gasteiger partial charge in [0, 0.05) is 25.3 Å². The fourth-order valence-corrected chi connectivity index (χ4v) is 3.74. The third-order valence-corrected chi connectivity index (χ3v) is 5.60.